The Balaban J connectivity index is 1.67. The molecular weight excluding hydrogens is 390 g/mol. The third kappa shape index (κ3) is 5.95. The van der Waals surface area contributed by atoms with Crippen LogP contribution >= 0.6 is 0 Å². The normalized spacial score (nSPS) is 16.6. The Morgan fingerprint density at radius 3 is 2.35 bits per heavy atom. The van der Waals surface area contributed by atoms with Crippen molar-refractivity contribution in [2.24, 2.45) is 5.41 Å². The largest absolute Gasteiger partial charge is 0.368 e. The summed E-state index contributed by atoms with van der Waals surface area (Å²) < 4.78 is 1.95. The number of benzene rings is 1. The average molecular weight is 428 g/mol. The lowest BCUT2D eigenvalue weighted by atomic mass is 9.75. The second-order valence-electron chi connectivity index (χ2n) is 9.53. The quantitative estimate of drug-likeness (QED) is 0.562. The number of carbonyl (C=O) groups excluding carboxylic acids is 1. The summed E-state index contributed by atoms with van der Waals surface area (Å²) in [5.74, 6) is -0.00270. The van der Waals surface area contributed by atoms with E-state index in [1.807, 2.05) is 35.9 Å². The van der Waals surface area contributed by atoms with Crippen LogP contribution in [0.2, 0.25) is 0 Å². The Labute approximate surface area is 185 Å². The molecule has 1 aliphatic rings. The van der Waals surface area contributed by atoms with Crippen LogP contribution in [0.25, 0.3) is 0 Å². The van der Waals surface area contributed by atoms with Crippen molar-refractivity contribution < 1.29 is 15.0 Å². The zero-order chi connectivity index (χ0) is 22.6. The van der Waals surface area contributed by atoms with Gasteiger partial charge in [-0.3, -0.25) is 9.48 Å². The molecule has 1 amide bonds. The summed E-state index contributed by atoms with van der Waals surface area (Å²) in [6.45, 7) is 9.27. The highest BCUT2D eigenvalue weighted by atomic mass is 16.5. The van der Waals surface area contributed by atoms with Gasteiger partial charge in [-0.15, -0.1) is 0 Å². The fourth-order valence-electron chi connectivity index (χ4n) is 4.56. The monoisotopic (exact) mass is 427 g/mol. The zero-order valence-corrected chi connectivity index (χ0v) is 19.3. The second-order valence-corrected chi connectivity index (χ2v) is 9.53. The lowest BCUT2D eigenvalue weighted by molar-refractivity contribution is -0.0384. The molecule has 170 valence electrons. The molecule has 1 aromatic carbocycles. The summed E-state index contributed by atoms with van der Waals surface area (Å²) in [5.41, 5.74) is 5.02. The standard InChI is InChI=1S/C25H37N3O3/c1-5-21-20(15-23(29)30)22(6-2)28(27-21)16-17-7-9-18(10-8-17)24(31)26-19-11-13-25(3,4)14-12-19/h7-10,19,23,29-30H,5-6,11-16H2,1-4H3,(H,26,31). The number of nitrogens with one attached hydrogen (secondary N) is 1. The van der Waals surface area contributed by atoms with Gasteiger partial charge in [-0.25, -0.2) is 0 Å². The number of aliphatic hydroxyl groups excluding tert-OH is 1. The van der Waals surface area contributed by atoms with Crippen LogP contribution in [0.4, 0.5) is 0 Å². The van der Waals surface area contributed by atoms with Gasteiger partial charge in [0.1, 0.15) is 0 Å². The van der Waals surface area contributed by atoms with Crippen molar-refractivity contribution in [3.63, 3.8) is 0 Å². The highest BCUT2D eigenvalue weighted by Crippen LogP contribution is 2.35. The third-order valence-corrected chi connectivity index (χ3v) is 6.53. The van der Waals surface area contributed by atoms with Gasteiger partial charge in [-0.2, -0.15) is 5.10 Å². The smallest absolute Gasteiger partial charge is 0.251 e. The predicted molar refractivity (Wildman–Crippen MR) is 122 cm³/mol. The lowest BCUT2D eigenvalue weighted by Gasteiger charge is -2.34. The molecule has 0 bridgehead atoms. The molecule has 1 aliphatic carbocycles. The average Bonchev–Trinajstić information content (AvgIpc) is 3.05. The minimum absolute atomic E-state index is 0.00270. The molecule has 1 heterocycles. The van der Waals surface area contributed by atoms with Gasteiger partial charge in [0.05, 0.1) is 12.2 Å². The molecule has 6 nitrogen and oxygen atoms in total. The molecule has 0 atom stereocenters. The van der Waals surface area contributed by atoms with Gasteiger partial charge in [0, 0.05) is 29.3 Å². The van der Waals surface area contributed by atoms with Gasteiger partial charge in [0.25, 0.3) is 5.91 Å². The molecule has 1 aromatic heterocycles. The van der Waals surface area contributed by atoms with E-state index in [0.29, 0.717) is 17.5 Å². The van der Waals surface area contributed by atoms with Gasteiger partial charge in [-0.1, -0.05) is 39.8 Å². The number of carbonyl (C=O) groups is 1. The van der Waals surface area contributed by atoms with E-state index in [2.05, 4.69) is 26.1 Å². The first-order valence-corrected chi connectivity index (χ1v) is 11.6. The predicted octanol–water partition coefficient (Wildman–Crippen LogP) is 3.61. The number of amides is 1. The first-order valence-electron chi connectivity index (χ1n) is 11.6. The van der Waals surface area contributed by atoms with E-state index in [9.17, 15) is 15.0 Å². The van der Waals surface area contributed by atoms with Crippen molar-refractivity contribution in [1.82, 2.24) is 15.1 Å². The van der Waals surface area contributed by atoms with Crippen LogP contribution in [0, 0.1) is 5.41 Å². The lowest BCUT2D eigenvalue weighted by Crippen LogP contribution is -2.39. The van der Waals surface area contributed by atoms with E-state index in [0.717, 1.165) is 61.0 Å². The fourth-order valence-corrected chi connectivity index (χ4v) is 4.56. The molecule has 0 spiro atoms. The number of hydrogen-bond donors (Lipinski definition) is 3. The van der Waals surface area contributed by atoms with E-state index in [4.69, 9.17) is 5.10 Å². The van der Waals surface area contributed by atoms with E-state index < -0.39 is 6.29 Å². The SMILES string of the molecule is CCc1nn(Cc2ccc(C(=O)NC3CCC(C)(C)CC3)cc2)c(CC)c1CC(O)O. The van der Waals surface area contributed by atoms with Gasteiger partial charge >= 0.3 is 0 Å². The first kappa shape index (κ1) is 23.5. The Morgan fingerprint density at radius 2 is 1.81 bits per heavy atom. The fraction of sp³-hybridized carbons (Fsp3) is 0.600. The number of aromatic nitrogens is 2. The molecule has 2 aromatic rings. The maximum atomic E-state index is 12.7. The molecule has 0 saturated heterocycles. The highest BCUT2D eigenvalue weighted by molar-refractivity contribution is 5.94. The van der Waals surface area contributed by atoms with Crippen LogP contribution in [0.3, 0.4) is 0 Å². The van der Waals surface area contributed by atoms with Crippen molar-refractivity contribution >= 4 is 5.91 Å². The topological polar surface area (TPSA) is 87.4 Å². The molecule has 0 unspecified atom stereocenters. The van der Waals surface area contributed by atoms with Crippen LogP contribution in [0.1, 0.15) is 86.3 Å². The van der Waals surface area contributed by atoms with Crippen LogP contribution in [-0.4, -0.2) is 38.2 Å². The zero-order valence-electron chi connectivity index (χ0n) is 19.3. The molecular formula is C25H37N3O3. The van der Waals surface area contributed by atoms with E-state index in [1.165, 1.54) is 0 Å². The van der Waals surface area contributed by atoms with Crippen LogP contribution in [0.5, 0.6) is 0 Å². The van der Waals surface area contributed by atoms with E-state index in [1.54, 1.807) is 0 Å². The third-order valence-electron chi connectivity index (χ3n) is 6.53. The Hall–Kier alpha value is -2.18. The Bertz CT molecular complexity index is 874. The number of nitrogens with zero attached hydrogens (tertiary/aromatic N) is 2. The van der Waals surface area contributed by atoms with Crippen molar-refractivity contribution in [3.8, 4) is 0 Å². The minimum Gasteiger partial charge on any atom is -0.368 e. The summed E-state index contributed by atoms with van der Waals surface area (Å²) in [7, 11) is 0. The van der Waals surface area contributed by atoms with Gasteiger partial charge in [-0.05, 0) is 61.6 Å². The number of aryl methyl sites for hydroxylation is 1. The van der Waals surface area contributed by atoms with E-state index in [-0.39, 0.29) is 18.4 Å². The van der Waals surface area contributed by atoms with Crippen molar-refractivity contribution in [1.29, 1.82) is 0 Å². The molecule has 6 heteroatoms. The summed E-state index contributed by atoms with van der Waals surface area (Å²) >= 11 is 0. The molecule has 3 N–H and O–H groups in total. The maximum absolute atomic E-state index is 12.7. The van der Waals surface area contributed by atoms with E-state index >= 15 is 0 Å². The van der Waals surface area contributed by atoms with Gasteiger partial charge < -0.3 is 15.5 Å². The van der Waals surface area contributed by atoms with Crippen LogP contribution < -0.4 is 5.32 Å². The number of rotatable bonds is 8. The second kappa shape index (κ2) is 9.96. The molecule has 3 rings (SSSR count). The molecule has 0 radical (unpaired) electrons. The van der Waals surface area contributed by atoms with Crippen molar-refractivity contribution in [2.45, 2.75) is 91.5 Å². The number of hydrogen-bond acceptors (Lipinski definition) is 4. The summed E-state index contributed by atoms with van der Waals surface area (Å²) in [6, 6.07) is 7.99. The van der Waals surface area contributed by atoms with Crippen LogP contribution in [0.15, 0.2) is 24.3 Å². The molecule has 0 aliphatic heterocycles. The molecule has 1 fully saturated rings. The van der Waals surface area contributed by atoms with Gasteiger partial charge in [0.2, 0.25) is 0 Å². The van der Waals surface area contributed by atoms with Crippen LogP contribution in [-0.2, 0) is 25.8 Å². The minimum atomic E-state index is -1.37. The highest BCUT2D eigenvalue weighted by Gasteiger charge is 2.27. The summed E-state index contributed by atoms with van der Waals surface area (Å²) in [4.78, 5) is 12.7. The van der Waals surface area contributed by atoms with Crippen molar-refractivity contribution in [3.05, 3.63) is 52.3 Å². The van der Waals surface area contributed by atoms with Crippen molar-refractivity contribution in [2.75, 3.05) is 0 Å². The molecule has 31 heavy (non-hydrogen) atoms. The maximum Gasteiger partial charge on any atom is 0.251 e. The summed E-state index contributed by atoms with van der Waals surface area (Å²) in [6.07, 6.45) is 4.73. The summed E-state index contributed by atoms with van der Waals surface area (Å²) in [5, 5.41) is 26.8. The van der Waals surface area contributed by atoms with Gasteiger partial charge in [0.15, 0.2) is 6.29 Å². The molecule has 1 saturated carbocycles. The Kier molecular flexibility index (Phi) is 7.55. The number of aliphatic hydroxyl groups is 2. The Morgan fingerprint density at radius 1 is 1.16 bits per heavy atom. The first-order chi connectivity index (χ1) is 14.7.